The molecule has 1 unspecified atom stereocenters. The topological polar surface area (TPSA) is 136 Å². The second kappa shape index (κ2) is 6.84. The number of fused-ring (bicyclic) bond motifs is 2. The number of nitrogens with zero attached hydrogens (tertiary/aromatic N) is 4. The second-order valence-electron chi connectivity index (χ2n) is 7.09. The van der Waals surface area contributed by atoms with Crippen LogP contribution in [0, 0.1) is 0 Å². The Morgan fingerprint density at radius 1 is 1.46 bits per heavy atom. The van der Waals surface area contributed by atoms with Gasteiger partial charge in [0, 0.05) is 0 Å². The van der Waals surface area contributed by atoms with E-state index in [9.17, 15) is 5.11 Å². The summed E-state index contributed by atoms with van der Waals surface area (Å²) in [5.41, 5.74) is 5.08. The molecule has 2 aliphatic rings. The molecule has 2 aromatic heterocycles. The first-order chi connectivity index (χ1) is 13.1. The predicted molar refractivity (Wildman–Crippen MR) is 102 cm³/mol. The Morgan fingerprint density at radius 2 is 2.21 bits per heavy atom. The van der Waals surface area contributed by atoms with Gasteiger partial charge < -0.3 is 29.4 Å². The molecular formula is C15H22N5O6PS. The third-order valence-electron chi connectivity index (χ3n) is 4.55. The first kappa shape index (κ1) is 19.9. The summed E-state index contributed by atoms with van der Waals surface area (Å²) >= 11 is 5.43. The maximum atomic E-state index is 11.3. The number of aromatic nitrogens is 4. The summed E-state index contributed by atoms with van der Waals surface area (Å²) in [5, 5.41) is 11.3. The van der Waals surface area contributed by atoms with Gasteiger partial charge in [-0.05, 0) is 32.6 Å². The number of nitrogen functional groups attached to an aromatic ring is 1. The molecule has 11 nitrogen and oxygen atoms in total. The van der Waals surface area contributed by atoms with E-state index in [1.807, 2.05) is 13.8 Å². The number of rotatable bonds is 4. The highest BCUT2D eigenvalue weighted by molar-refractivity contribution is 8.07. The Labute approximate surface area is 166 Å². The Kier molecular flexibility index (Phi) is 4.86. The smallest absolute Gasteiger partial charge is 0.327 e. The van der Waals surface area contributed by atoms with Gasteiger partial charge in [-0.15, -0.1) is 0 Å². The van der Waals surface area contributed by atoms with Crippen molar-refractivity contribution >= 4 is 35.6 Å². The molecule has 0 aromatic carbocycles. The van der Waals surface area contributed by atoms with E-state index in [2.05, 4.69) is 15.0 Å². The predicted octanol–water partition coefficient (Wildman–Crippen LogP) is 1.13. The van der Waals surface area contributed by atoms with Gasteiger partial charge in [0.1, 0.15) is 17.8 Å². The van der Waals surface area contributed by atoms with Crippen LogP contribution in [0.2, 0.25) is 0 Å². The number of anilines is 1. The monoisotopic (exact) mass is 431 g/mol. The summed E-state index contributed by atoms with van der Waals surface area (Å²) in [6.07, 6.45) is -0.829. The van der Waals surface area contributed by atoms with Crippen LogP contribution in [0.25, 0.3) is 11.2 Å². The van der Waals surface area contributed by atoms with Crippen molar-refractivity contribution in [1.82, 2.24) is 19.5 Å². The number of imidazole rings is 1. The summed E-state index contributed by atoms with van der Waals surface area (Å²) in [7, 11) is 1.46. The van der Waals surface area contributed by atoms with E-state index in [-0.39, 0.29) is 24.5 Å². The SMILES string of the molecule is COc1nc(N)nc2c1ncn2[C@@H]1O[C@@H]2COP(=S)(OC(C)C)O[C@H]2[C@@]1(C)O. The molecule has 2 fully saturated rings. The zero-order chi connectivity index (χ0) is 20.3. The Morgan fingerprint density at radius 3 is 2.89 bits per heavy atom. The lowest BCUT2D eigenvalue weighted by Crippen LogP contribution is -2.47. The molecule has 0 amide bonds. The first-order valence-corrected chi connectivity index (χ1v) is 11.2. The van der Waals surface area contributed by atoms with E-state index in [4.69, 9.17) is 40.6 Å². The molecule has 4 rings (SSSR count). The minimum absolute atomic E-state index is 0.0153. The van der Waals surface area contributed by atoms with E-state index in [0.29, 0.717) is 11.2 Å². The number of hydrogen-bond acceptors (Lipinski definition) is 11. The quantitative estimate of drug-likeness (QED) is 0.674. The summed E-state index contributed by atoms with van der Waals surface area (Å²) in [6.45, 7) is 2.45. The van der Waals surface area contributed by atoms with Crippen LogP contribution < -0.4 is 10.5 Å². The first-order valence-electron chi connectivity index (χ1n) is 8.68. The molecule has 3 N–H and O–H groups in total. The Bertz CT molecular complexity index is 952. The molecule has 0 saturated carbocycles. The molecule has 154 valence electrons. The second-order valence-corrected chi connectivity index (χ2v) is 10.0. The minimum Gasteiger partial charge on any atom is -0.479 e. The Hall–Kier alpha value is -1.40. The van der Waals surface area contributed by atoms with Crippen LogP contribution in [0.3, 0.4) is 0 Å². The normalized spacial score (nSPS) is 35.4. The highest BCUT2D eigenvalue weighted by Crippen LogP contribution is 2.59. The van der Waals surface area contributed by atoms with Crippen LogP contribution in [0.1, 0.15) is 27.0 Å². The molecule has 0 aliphatic carbocycles. The van der Waals surface area contributed by atoms with Crippen LogP contribution in [-0.4, -0.2) is 62.3 Å². The van der Waals surface area contributed by atoms with Gasteiger partial charge >= 0.3 is 6.72 Å². The number of methoxy groups -OCH3 is 1. The van der Waals surface area contributed by atoms with Crippen LogP contribution >= 0.6 is 6.72 Å². The van der Waals surface area contributed by atoms with E-state index in [1.54, 1.807) is 11.5 Å². The molecule has 0 spiro atoms. The van der Waals surface area contributed by atoms with Crippen molar-refractivity contribution in [1.29, 1.82) is 0 Å². The Balaban J connectivity index is 1.71. The van der Waals surface area contributed by atoms with Gasteiger partial charge in [-0.3, -0.25) is 9.09 Å². The van der Waals surface area contributed by atoms with Gasteiger partial charge in [0.15, 0.2) is 17.4 Å². The van der Waals surface area contributed by atoms with Gasteiger partial charge in [0.05, 0.1) is 26.1 Å². The molecular weight excluding hydrogens is 409 g/mol. The number of ether oxygens (including phenoxy) is 2. The summed E-state index contributed by atoms with van der Waals surface area (Å²) < 4.78 is 30.1. The zero-order valence-corrected chi connectivity index (χ0v) is 17.5. The fraction of sp³-hybridized carbons (Fsp3) is 0.667. The van der Waals surface area contributed by atoms with Crippen LogP contribution in [0.4, 0.5) is 5.95 Å². The van der Waals surface area contributed by atoms with Crippen molar-refractivity contribution in [2.45, 2.75) is 50.9 Å². The van der Waals surface area contributed by atoms with Gasteiger partial charge in [0.2, 0.25) is 11.8 Å². The average Bonchev–Trinajstić information content (AvgIpc) is 3.12. The lowest BCUT2D eigenvalue weighted by molar-refractivity contribution is -0.0894. The summed E-state index contributed by atoms with van der Waals surface area (Å²) in [5.74, 6) is 0.248. The van der Waals surface area contributed by atoms with Crippen molar-refractivity contribution in [3.63, 3.8) is 0 Å². The van der Waals surface area contributed by atoms with Gasteiger partial charge in [0.25, 0.3) is 0 Å². The molecule has 2 aliphatic heterocycles. The van der Waals surface area contributed by atoms with Crippen LogP contribution in [0.15, 0.2) is 6.33 Å². The van der Waals surface area contributed by atoms with Crippen molar-refractivity contribution in [3.05, 3.63) is 6.33 Å². The third-order valence-corrected chi connectivity index (χ3v) is 7.01. The maximum Gasteiger partial charge on any atom is 0.327 e. The molecule has 28 heavy (non-hydrogen) atoms. The molecule has 13 heteroatoms. The van der Waals surface area contributed by atoms with Gasteiger partial charge in [-0.25, -0.2) is 4.98 Å². The van der Waals surface area contributed by atoms with Crippen molar-refractivity contribution in [2.24, 2.45) is 0 Å². The third kappa shape index (κ3) is 3.18. The molecule has 0 bridgehead atoms. The fourth-order valence-corrected chi connectivity index (χ4v) is 6.03. The van der Waals surface area contributed by atoms with Gasteiger partial charge in [-0.1, -0.05) is 0 Å². The van der Waals surface area contributed by atoms with Gasteiger partial charge in [-0.2, -0.15) is 9.97 Å². The largest absolute Gasteiger partial charge is 0.479 e. The number of nitrogens with two attached hydrogens (primary N) is 1. The summed E-state index contributed by atoms with van der Waals surface area (Å²) in [4.78, 5) is 12.5. The van der Waals surface area contributed by atoms with Crippen LogP contribution in [-0.2, 0) is 30.1 Å². The summed E-state index contributed by atoms with van der Waals surface area (Å²) in [6, 6.07) is 0. The van der Waals surface area contributed by atoms with Crippen molar-refractivity contribution in [2.75, 3.05) is 19.5 Å². The van der Waals surface area contributed by atoms with E-state index in [1.165, 1.54) is 13.4 Å². The average molecular weight is 431 g/mol. The number of aliphatic hydroxyl groups is 1. The molecule has 0 radical (unpaired) electrons. The zero-order valence-electron chi connectivity index (χ0n) is 15.8. The van der Waals surface area contributed by atoms with E-state index in [0.717, 1.165) is 0 Å². The van der Waals surface area contributed by atoms with Crippen molar-refractivity contribution < 1.29 is 28.2 Å². The molecule has 4 heterocycles. The lowest BCUT2D eigenvalue weighted by atomic mass is 9.96. The highest BCUT2D eigenvalue weighted by atomic mass is 32.5. The highest BCUT2D eigenvalue weighted by Gasteiger charge is 2.59. The molecule has 2 aromatic rings. The van der Waals surface area contributed by atoms with Crippen LogP contribution in [0.5, 0.6) is 5.88 Å². The fourth-order valence-electron chi connectivity index (χ4n) is 3.41. The standard InChI is InChI=1S/C15H22N5O6PS/c1-7(2)25-27(28)23-5-8-10(26-27)15(3,21)13(24-8)20-6-17-9-11(20)18-14(16)19-12(9)22-4/h6-8,10,13,21H,5H2,1-4H3,(H2,16,18,19)/t8-,10-,13-,15-,27?/m1/s1. The van der Waals surface area contributed by atoms with E-state index >= 15 is 0 Å². The maximum absolute atomic E-state index is 11.3. The minimum atomic E-state index is -2.99. The molecule has 2 saturated heterocycles. The van der Waals surface area contributed by atoms with Crippen molar-refractivity contribution in [3.8, 4) is 5.88 Å². The number of hydrogen-bond donors (Lipinski definition) is 2. The van der Waals surface area contributed by atoms with E-state index < -0.39 is 30.8 Å². The molecule has 5 atom stereocenters. The lowest BCUT2D eigenvalue weighted by Gasteiger charge is -2.37.